The molecule has 1 unspecified atom stereocenters. The number of nitrogens with zero attached hydrogens (tertiary/aromatic N) is 2. The standard InChI is InChI=1S/C7H9ClN2O2S2/c1-3-14(2,12)10-6(11)5-4-13-7(8)9-5/h4H,3H2,1-2H3. The van der Waals surface area contributed by atoms with E-state index in [1.165, 1.54) is 11.6 Å². The first kappa shape index (κ1) is 11.6. The molecule has 0 saturated heterocycles. The highest BCUT2D eigenvalue weighted by atomic mass is 35.5. The molecule has 0 radical (unpaired) electrons. The van der Waals surface area contributed by atoms with Gasteiger partial charge in [-0.05, 0) is 0 Å². The van der Waals surface area contributed by atoms with Gasteiger partial charge in [-0.25, -0.2) is 9.19 Å². The van der Waals surface area contributed by atoms with Gasteiger partial charge < -0.3 is 0 Å². The van der Waals surface area contributed by atoms with Crippen LogP contribution in [0.4, 0.5) is 0 Å². The van der Waals surface area contributed by atoms with Crippen molar-refractivity contribution in [2.45, 2.75) is 6.92 Å². The molecule has 1 rings (SSSR count). The van der Waals surface area contributed by atoms with Crippen molar-refractivity contribution < 1.29 is 9.00 Å². The Kier molecular flexibility index (Phi) is 3.63. The molecule has 7 heteroatoms. The van der Waals surface area contributed by atoms with E-state index in [1.807, 2.05) is 0 Å². The summed E-state index contributed by atoms with van der Waals surface area (Å²) in [5.41, 5.74) is 0.156. The van der Waals surface area contributed by atoms with Crippen LogP contribution < -0.4 is 0 Å². The van der Waals surface area contributed by atoms with Crippen molar-refractivity contribution in [2.24, 2.45) is 4.36 Å². The van der Waals surface area contributed by atoms with Crippen LogP contribution in [-0.4, -0.2) is 27.1 Å². The number of halogens is 1. The predicted molar refractivity (Wildman–Crippen MR) is 58.5 cm³/mol. The summed E-state index contributed by atoms with van der Waals surface area (Å²) < 4.78 is 15.4. The average Bonchev–Trinajstić information content (AvgIpc) is 2.51. The summed E-state index contributed by atoms with van der Waals surface area (Å²) in [7, 11) is -2.41. The zero-order valence-electron chi connectivity index (χ0n) is 7.69. The van der Waals surface area contributed by atoms with E-state index in [9.17, 15) is 9.00 Å². The van der Waals surface area contributed by atoms with E-state index >= 15 is 0 Å². The maximum atomic E-state index is 11.5. The van der Waals surface area contributed by atoms with Crippen LogP contribution in [0.5, 0.6) is 0 Å². The van der Waals surface area contributed by atoms with Crippen molar-refractivity contribution in [3.63, 3.8) is 0 Å². The van der Waals surface area contributed by atoms with E-state index < -0.39 is 15.6 Å². The van der Waals surface area contributed by atoms with E-state index in [2.05, 4.69) is 9.35 Å². The highest BCUT2D eigenvalue weighted by Crippen LogP contribution is 2.15. The third kappa shape index (κ3) is 3.04. The van der Waals surface area contributed by atoms with Crippen molar-refractivity contribution >= 4 is 38.6 Å². The fourth-order valence-electron chi connectivity index (χ4n) is 0.637. The number of carbonyl (C=O) groups is 1. The fourth-order valence-corrected chi connectivity index (χ4v) is 1.95. The van der Waals surface area contributed by atoms with E-state index in [-0.39, 0.29) is 10.2 Å². The summed E-state index contributed by atoms with van der Waals surface area (Å²) in [6, 6.07) is 0. The average molecular weight is 253 g/mol. The summed E-state index contributed by atoms with van der Waals surface area (Å²) in [4.78, 5) is 15.1. The van der Waals surface area contributed by atoms with Crippen molar-refractivity contribution in [3.05, 3.63) is 15.5 Å². The largest absolute Gasteiger partial charge is 0.304 e. The van der Waals surface area contributed by atoms with Gasteiger partial charge in [0.25, 0.3) is 0 Å². The number of thiazole rings is 1. The van der Waals surface area contributed by atoms with Crippen molar-refractivity contribution in [1.29, 1.82) is 0 Å². The van der Waals surface area contributed by atoms with Crippen LogP contribution in [0.1, 0.15) is 17.4 Å². The Labute approximate surface area is 91.5 Å². The maximum absolute atomic E-state index is 11.5. The first-order chi connectivity index (χ1) is 6.44. The Bertz CT molecular complexity index is 460. The third-order valence-corrected chi connectivity index (χ3v) is 4.11. The topological polar surface area (TPSA) is 59.4 Å². The van der Waals surface area contributed by atoms with Crippen LogP contribution in [0.25, 0.3) is 0 Å². The molecular formula is C7H9ClN2O2S2. The van der Waals surface area contributed by atoms with Gasteiger partial charge in [0.15, 0.2) is 4.47 Å². The first-order valence-corrected chi connectivity index (χ1v) is 7.15. The van der Waals surface area contributed by atoms with Crippen molar-refractivity contribution in [1.82, 2.24) is 4.98 Å². The molecule has 0 aliphatic rings. The molecule has 0 aliphatic carbocycles. The lowest BCUT2D eigenvalue weighted by atomic mass is 10.5. The van der Waals surface area contributed by atoms with E-state index in [0.717, 1.165) is 11.3 Å². The molecule has 14 heavy (non-hydrogen) atoms. The van der Waals surface area contributed by atoms with Gasteiger partial charge in [-0.15, -0.1) is 11.3 Å². The molecule has 0 bridgehead atoms. The SMILES string of the molecule is CCS(C)(=O)=NC(=O)c1csc(Cl)n1. The minimum atomic E-state index is -2.41. The quantitative estimate of drug-likeness (QED) is 0.810. The molecule has 78 valence electrons. The van der Waals surface area contributed by atoms with Crippen LogP contribution in [0.3, 0.4) is 0 Å². The molecule has 1 aromatic heterocycles. The molecule has 1 aromatic rings. The molecule has 1 heterocycles. The van der Waals surface area contributed by atoms with Gasteiger partial charge in [-0.2, -0.15) is 4.36 Å². The lowest BCUT2D eigenvalue weighted by Crippen LogP contribution is -2.05. The highest BCUT2D eigenvalue weighted by molar-refractivity contribution is 7.93. The summed E-state index contributed by atoms with van der Waals surface area (Å²) >= 11 is 6.70. The molecule has 0 fully saturated rings. The summed E-state index contributed by atoms with van der Waals surface area (Å²) in [6.45, 7) is 1.72. The molecule has 0 spiro atoms. The minimum absolute atomic E-state index is 0.156. The van der Waals surface area contributed by atoms with Crippen LogP contribution >= 0.6 is 22.9 Å². The zero-order valence-corrected chi connectivity index (χ0v) is 10.1. The van der Waals surface area contributed by atoms with Crippen LogP contribution in [0, 0.1) is 0 Å². The van der Waals surface area contributed by atoms with E-state index in [1.54, 1.807) is 6.92 Å². The number of amides is 1. The zero-order chi connectivity index (χ0) is 10.8. The molecular weight excluding hydrogens is 244 g/mol. The van der Waals surface area contributed by atoms with Crippen LogP contribution in [0.15, 0.2) is 9.74 Å². The van der Waals surface area contributed by atoms with Gasteiger partial charge in [0.05, 0.1) is 9.73 Å². The van der Waals surface area contributed by atoms with E-state index in [0.29, 0.717) is 5.75 Å². The van der Waals surface area contributed by atoms with Crippen LogP contribution in [-0.2, 0) is 9.73 Å². The number of aromatic nitrogens is 1. The first-order valence-electron chi connectivity index (χ1n) is 3.80. The second-order valence-corrected chi connectivity index (χ2v) is 6.75. The van der Waals surface area contributed by atoms with Gasteiger partial charge in [0.1, 0.15) is 5.69 Å². The van der Waals surface area contributed by atoms with Crippen LogP contribution in [0.2, 0.25) is 4.47 Å². The minimum Gasteiger partial charge on any atom is -0.264 e. The number of carbonyl (C=O) groups excluding carboxylic acids is 1. The Morgan fingerprint density at radius 2 is 2.43 bits per heavy atom. The molecule has 4 nitrogen and oxygen atoms in total. The smallest absolute Gasteiger partial charge is 0.264 e. The maximum Gasteiger partial charge on any atom is 0.304 e. The van der Waals surface area contributed by atoms with E-state index in [4.69, 9.17) is 11.6 Å². The van der Waals surface area contributed by atoms with Gasteiger partial charge in [-0.3, -0.25) is 4.79 Å². The normalized spacial score (nSPS) is 14.8. The Balaban J connectivity index is 2.99. The van der Waals surface area contributed by atoms with Gasteiger partial charge in [0, 0.05) is 17.4 Å². The predicted octanol–water partition coefficient (Wildman–Crippen LogP) is 2.05. The molecule has 1 atom stereocenters. The molecule has 0 aromatic carbocycles. The van der Waals surface area contributed by atoms with Gasteiger partial charge >= 0.3 is 5.91 Å². The number of hydrogen-bond acceptors (Lipinski definition) is 4. The molecule has 1 amide bonds. The Morgan fingerprint density at radius 3 is 2.86 bits per heavy atom. The third-order valence-electron chi connectivity index (χ3n) is 1.51. The van der Waals surface area contributed by atoms with Gasteiger partial charge in [-0.1, -0.05) is 18.5 Å². The second-order valence-electron chi connectivity index (χ2n) is 2.63. The summed E-state index contributed by atoms with van der Waals surface area (Å²) in [5.74, 6) is -0.223. The lowest BCUT2D eigenvalue weighted by Gasteiger charge is -1.96. The summed E-state index contributed by atoms with van der Waals surface area (Å²) in [5, 5.41) is 1.50. The molecule has 0 saturated carbocycles. The Morgan fingerprint density at radius 1 is 1.79 bits per heavy atom. The monoisotopic (exact) mass is 252 g/mol. The van der Waals surface area contributed by atoms with Crippen molar-refractivity contribution in [3.8, 4) is 0 Å². The highest BCUT2D eigenvalue weighted by Gasteiger charge is 2.10. The van der Waals surface area contributed by atoms with Crippen molar-refractivity contribution in [2.75, 3.05) is 12.0 Å². The number of hydrogen-bond donors (Lipinski definition) is 0. The molecule has 0 aliphatic heterocycles. The lowest BCUT2D eigenvalue weighted by molar-refractivity contribution is 0.100. The Hall–Kier alpha value is -0.460. The molecule has 0 N–H and O–H groups in total. The fraction of sp³-hybridized carbons (Fsp3) is 0.429. The summed E-state index contributed by atoms with van der Waals surface area (Å²) in [6.07, 6.45) is 1.44. The van der Waals surface area contributed by atoms with Gasteiger partial charge in [0.2, 0.25) is 0 Å². The number of rotatable bonds is 2. The second kappa shape index (κ2) is 4.37.